The molecule has 0 fully saturated rings. The van der Waals surface area contributed by atoms with E-state index in [9.17, 15) is 0 Å². The van der Waals surface area contributed by atoms with Crippen LogP contribution in [0.5, 0.6) is 0 Å². The quantitative estimate of drug-likeness (QED) is 0.753. The predicted octanol–water partition coefficient (Wildman–Crippen LogP) is 2.79. The maximum atomic E-state index is 8.64. The van der Waals surface area contributed by atoms with Crippen LogP contribution in [0.15, 0.2) is 24.3 Å². The summed E-state index contributed by atoms with van der Waals surface area (Å²) in [4.78, 5) is 0. The lowest BCUT2D eigenvalue weighted by molar-refractivity contribution is 0.0902. The number of rotatable bonds is 7. The molecule has 0 saturated carbocycles. The molecular weight excluding hydrogens is 250 g/mol. The normalized spacial score (nSPS) is 20.6. The Hall–Kier alpha value is -0.900. The Morgan fingerprint density at radius 3 is 2.90 bits per heavy atom. The van der Waals surface area contributed by atoms with E-state index in [0.717, 1.165) is 13.0 Å². The topological polar surface area (TPSA) is 41.5 Å². The Morgan fingerprint density at radius 1 is 1.30 bits per heavy atom. The molecule has 0 aliphatic heterocycles. The number of ether oxygens (including phenoxy) is 1. The van der Waals surface area contributed by atoms with Gasteiger partial charge in [0.1, 0.15) is 0 Å². The van der Waals surface area contributed by atoms with Crippen molar-refractivity contribution in [2.75, 3.05) is 26.4 Å². The lowest BCUT2D eigenvalue weighted by Crippen LogP contribution is -2.33. The van der Waals surface area contributed by atoms with Gasteiger partial charge >= 0.3 is 0 Å². The van der Waals surface area contributed by atoms with Crippen LogP contribution in [0.2, 0.25) is 0 Å². The zero-order valence-electron chi connectivity index (χ0n) is 12.7. The predicted molar refractivity (Wildman–Crippen MR) is 82.0 cm³/mol. The van der Waals surface area contributed by atoms with Gasteiger partial charge in [-0.3, -0.25) is 0 Å². The highest BCUT2D eigenvalue weighted by Gasteiger charge is 2.31. The standard InChI is InChI=1S/C17H27NO2/c1-17(2)9-8-16(14-6-3-4-7-15(14)17)18-10-5-12-20-13-11-19/h3-4,6-7,16,18-19H,5,8-13H2,1-2H3. The van der Waals surface area contributed by atoms with Gasteiger partial charge in [-0.25, -0.2) is 0 Å². The lowest BCUT2D eigenvalue weighted by atomic mass is 9.71. The van der Waals surface area contributed by atoms with E-state index in [4.69, 9.17) is 9.84 Å². The molecule has 112 valence electrons. The van der Waals surface area contributed by atoms with Crippen molar-refractivity contribution in [3.8, 4) is 0 Å². The van der Waals surface area contributed by atoms with E-state index in [0.29, 0.717) is 24.7 Å². The Balaban J connectivity index is 1.87. The maximum absolute atomic E-state index is 8.64. The van der Waals surface area contributed by atoms with Crippen molar-refractivity contribution in [2.24, 2.45) is 0 Å². The summed E-state index contributed by atoms with van der Waals surface area (Å²) >= 11 is 0. The molecule has 0 bridgehead atoms. The molecule has 0 radical (unpaired) electrons. The number of benzene rings is 1. The summed E-state index contributed by atoms with van der Waals surface area (Å²) in [7, 11) is 0. The summed E-state index contributed by atoms with van der Waals surface area (Å²) in [5.41, 5.74) is 3.24. The zero-order valence-corrected chi connectivity index (χ0v) is 12.7. The van der Waals surface area contributed by atoms with E-state index < -0.39 is 0 Å². The fourth-order valence-corrected chi connectivity index (χ4v) is 3.04. The Morgan fingerprint density at radius 2 is 2.10 bits per heavy atom. The van der Waals surface area contributed by atoms with Gasteiger partial charge in [-0.05, 0) is 42.3 Å². The molecule has 3 heteroatoms. The molecule has 1 atom stereocenters. The molecule has 3 nitrogen and oxygen atoms in total. The first kappa shape index (κ1) is 15.5. The first-order valence-electron chi connectivity index (χ1n) is 7.66. The molecule has 1 aromatic rings. The molecule has 0 saturated heterocycles. The number of hydrogen-bond acceptors (Lipinski definition) is 3. The molecule has 0 aromatic heterocycles. The first-order chi connectivity index (χ1) is 9.65. The van der Waals surface area contributed by atoms with Gasteiger partial charge in [-0.1, -0.05) is 38.1 Å². The SMILES string of the molecule is CC1(C)CCC(NCCCOCCO)c2ccccc21. The summed E-state index contributed by atoms with van der Waals surface area (Å²) in [5, 5.41) is 12.3. The highest BCUT2D eigenvalue weighted by Crippen LogP contribution is 2.41. The van der Waals surface area contributed by atoms with Gasteiger partial charge in [0.15, 0.2) is 0 Å². The van der Waals surface area contributed by atoms with Crippen LogP contribution in [0.3, 0.4) is 0 Å². The fourth-order valence-electron chi connectivity index (χ4n) is 3.04. The van der Waals surface area contributed by atoms with Gasteiger partial charge in [0.25, 0.3) is 0 Å². The summed E-state index contributed by atoms with van der Waals surface area (Å²) < 4.78 is 5.28. The van der Waals surface area contributed by atoms with Crippen molar-refractivity contribution in [1.82, 2.24) is 5.32 Å². The average Bonchev–Trinajstić information content (AvgIpc) is 2.45. The van der Waals surface area contributed by atoms with Gasteiger partial charge in [0.2, 0.25) is 0 Å². The van der Waals surface area contributed by atoms with Crippen molar-refractivity contribution in [2.45, 2.75) is 44.6 Å². The Bertz CT molecular complexity index is 417. The van der Waals surface area contributed by atoms with Crippen molar-refractivity contribution < 1.29 is 9.84 Å². The molecule has 2 rings (SSSR count). The third kappa shape index (κ3) is 3.81. The summed E-state index contributed by atoms with van der Waals surface area (Å²) in [6.07, 6.45) is 3.41. The third-order valence-electron chi connectivity index (χ3n) is 4.22. The zero-order chi connectivity index (χ0) is 14.4. The van der Waals surface area contributed by atoms with Gasteiger partial charge in [-0.15, -0.1) is 0 Å². The van der Waals surface area contributed by atoms with Gasteiger partial charge in [-0.2, -0.15) is 0 Å². The van der Waals surface area contributed by atoms with Crippen molar-refractivity contribution in [1.29, 1.82) is 0 Å². The molecule has 0 amide bonds. The second kappa shape index (κ2) is 7.21. The van der Waals surface area contributed by atoms with E-state index in [2.05, 4.69) is 43.4 Å². The maximum Gasteiger partial charge on any atom is 0.0697 e. The molecule has 1 unspecified atom stereocenters. The highest BCUT2D eigenvalue weighted by molar-refractivity contribution is 5.38. The lowest BCUT2D eigenvalue weighted by Gasteiger charge is -2.37. The van der Waals surface area contributed by atoms with Crippen LogP contribution in [-0.2, 0) is 10.2 Å². The summed E-state index contributed by atoms with van der Waals surface area (Å²) in [6.45, 7) is 6.91. The van der Waals surface area contributed by atoms with Crippen LogP contribution in [0.25, 0.3) is 0 Å². The smallest absolute Gasteiger partial charge is 0.0697 e. The third-order valence-corrected chi connectivity index (χ3v) is 4.22. The van der Waals surface area contributed by atoms with E-state index in [1.165, 1.54) is 24.0 Å². The van der Waals surface area contributed by atoms with Crippen molar-refractivity contribution >= 4 is 0 Å². The van der Waals surface area contributed by atoms with E-state index in [1.807, 2.05) is 0 Å². The van der Waals surface area contributed by atoms with Crippen LogP contribution >= 0.6 is 0 Å². The number of nitrogens with one attached hydrogen (secondary N) is 1. The van der Waals surface area contributed by atoms with Crippen LogP contribution < -0.4 is 5.32 Å². The molecule has 1 aliphatic rings. The number of aliphatic hydroxyl groups is 1. The Labute approximate surface area is 122 Å². The second-order valence-corrected chi connectivity index (χ2v) is 6.21. The average molecular weight is 277 g/mol. The minimum absolute atomic E-state index is 0.110. The number of hydrogen-bond donors (Lipinski definition) is 2. The summed E-state index contributed by atoms with van der Waals surface area (Å²) in [5.74, 6) is 0. The molecular formula is C17H27NO2. The molecule has 1 aliphatic carbocycles. The largest absolute Gasteiger partial charge is 0.394 e. The van der Waals surface area contributed by atoms with E-state index in [-0.39, 0.29) is 6.61 Å². The number of aliphatic hydroxyl groups excluding tert-OH is 1. The summed E-state index contributed by atoms with van der Waals surface area (Å²) in [6, 6.07) is 9.28. The van der Waals surface area contributed by atoms with E-state index in [1.54, 1.807) is 0 Å². The highest BCUT2D eigenvalue weighted by atomic mass is 16.5. The van der Waals surface area contributed by atoms with Crippen molar-refractivity contribution in [3.63, 3.8) is 0 Å². The van der Waals surface area contributed by atoms with Crippen LogP contribution in [0.1, 0.15) is 50.3 Å². The molecule has 2 N–H and O–H groups in total. The minimum Gasteiger partial charge on any atom is -0.394 e. The van der Waals surface area contributed by atoms with Gasteiger partial charge < -0.3 is 15.2 Å². The first-order valence-corrected chi connectivity index (χ1v) is 7.66. The molecule has 0 heterocycles. The Kier molecular flexibility index (Phi) is 5.58. The molecule has 20 heavy (non-hydrogen) atoms. The number of fused-ring (bicyclic) bond motifs is 1. The van der Waals surface area contributed by atoms with Crippen molar-refractivity contribution in [3.05, 3.63) is 35.4 Å². The van der Waals surface area contributed by atoms with Crippen LogP contribution in [-0.4, -0.2) is 31.5 Å². The molecule has 0 spiro atoms. The van der Waals surface area contributed by atoms with Gasteiger partial charge in [0.05, 0.1) is 13.2 Å². The minimum atomic E-state index is 0.110. The van der Waals surface area contributed by atoms with Gasteiger partial charge in [0, 0.05) is 12.6 Å². The fraction of sp³-hybridized carbons (Fsp3) is 0.647. The second-order valence-electron chi connectivity index (χ2n) is 6.21. The van der Waals surface area contributed by atoms with Crippen LogP contribution in [0.4, 0.5) is 0 Å². The molecule has 1 aromatic carbocycles. The monoisotopic (exact) mass is 277 g/mol. The van der Waals surface area contributed by atoms with Crippen LogP contribution in [0, 0.1) is 0 Å². The van der Waals surface area contributed by atoms with E-state index >= 15 is 0 Å².